The molecule has 150 valence electrons. The van der Waals surface area contributed by atoms with Crippen LogP contribution in [0.1, 0.15) is 37.7 Å². The molecule has 1 aromatic rings. The predicted molar refractivity (Wildman–Crippen MR) is 105 cm³/mol. The van der Waals surface area contributed by atoms with E-state index < -0.39 is 15.4 Å². The van der Waals surface area contributed by atoms with Crippen molar-refractivity contribution >= 4 is 15.9 Å². The summed E-state index contributed by atoms with van der Waals surface area (Å²) in [5.74, 6) is 0.117. The molecule has 1 saturated heterocycles. The number of hydrogen-bond acceptors (Lipinski definition) is 4. The molecule has 1 saturated carbocycles. The third-order valence-corrected chi connectivity index (χ3v) is 7.92. The number of carbonyl (C=O) groups is 1. The standard InChI is InChI=1S/C20H30N2O4S/c1-21(16-17-8-4-3-5-9-17)19(23)20-11-7-6-10-18(20)22(13-14-26-2)27(24,25)15-12-20/h3-5,8-9,18H,6-7,10-16H2,1-2H3/t18-,20-/m1/s1. The first-order valence-electron chi connectivity index (χ1n) is 9.69. The summed E-state index contributed by atoms with van der Waals surface area (Å²) in [5.41, 5.74) is 0.470. The maximum atomic E-state index is 13.6. The molecule has 1 amide bonds. The molecule has 6 nitrogen and oxygen atoms in total. The Hall–Kier alpha value is -1.44. The van der Waals surface area contributed by atoms with Crippen LogP contribution in [-0.2, 0) is 26.1 Å². The third kappa shape index (κ3) is 4.05. The summed E-state index contributed by atoms with van der Waals surface area (Å²) in [6.07, 6.45) is 3.85. The van der Waals surface area contributed by atoms with Crippen LogP contribution in [0.25, 0.3) is 0 Å². The second kappa shape index (κ2) is 8.29. The van der Waals surface area contributed by atoms with Gasteiger partial charge in [0.25, 0.3) is 0 Å². The van der Waals surface area contributed by atoms with Crippen LogP contribution < -0.4 is 0 Å². The maximum absolute atomic E-state index is 13.6. The molecule has 0 aromatic heterocycles. The van der Waals surface area contributed by atoms with Crippen molar-refractivity contribution in [1.29, 1.82) is 0 Å². The minimum Gasteiger partial charge on any atom is -0.383 e. The number of sulfonamides is 1. The molecule has 0 radical (unpaired) electrons. The van der Waals surface area contributed by atoms with Gasteiger partial charge in [0.2, 0.25) is 15.9 Å². The Balaban J connectivity index is 1.87. The first-order valence-corrected chi connectivity index (χ1v) is 11.3. The lowest BCUT2D eigenvalue weighted by Crippen LogP contribution is -2.63. The van der Waals surface area contributed by atoms with Gasteiger partial charge in [-0.2, -0.15) is 4.31 Å². The second-order valence-corrected chi connectivity index (χ2v) is 9.78. The van der Waals surface area contributed by atoms with Crippen LogP contribution in [0.3, 0.4) is 0 Å². The van der Waals surface area contributed by atoms with E-state index in [1.165, 1.54) is 0 Å². The van der Waals surface area contributed by atoms with E-state index in [2.05, 4.69) is 0 Å². The van der Waals surface area contributed by atoms with Gasteiger partial charge in [0.15, 0.2) is 0 Å². The lowest BCUT2D eigenvalue weighted by atomic mass is 9.67. The summed E-state index contributed by atoms with van der Waals surface area (Å²) in [5, 5.41) is 0. The van der Waals surface area contributed by atoms with E-state index in [9.17, 15) is 13.2 Å². The molecular formula is C20H30N2O4S. The SMILES string of the molecule is COCCN1[C@@H]2CCCC[C@@]2(C(=O)N(C)Cc2ccccc2)CCS1(=O)=O. The molecule has 7 heteroatoms. The van der Waals surface area contributed by atoms with Crippen LogP contribution >= 0.6 is 0 Å². The zero-order valence-electron chi connectivity index (χ0n) is 16.3. The largest absolute Gasteiger partial charge is 0.383 e. The number of ether oxygens (including phenoxy) is 1. The highest BCUT2D eigenvalue weighted by Crippen LogP contribution is 2.47. The Morgan fingerprint density at radius 3 is 2.70 bits per heavy atom. The zero-order valence-corrected chi connectivity index (χ0v) is 17.1. The topological polar surface area (TPSA) is 66.9 Å². The third-order valence-electron chi connectivity index (χ3n) is 6.05. The van der Waals surface area contributed by atoms with Crippen LogP contribution in [-0.4, -0.2) is 62.6 Å². The van der Waals surface area contributed by atoms with Crippen molar-refractivity contribution in [2.45, 2.75) is 44.7 Å². The van der Waals surface area contributed by atoms with E-state index in [1.807, 2.05) is 37.4 Å². The normalized spacial score (nSPS) is 27.7. The molecule has 0 spiro atoms. The summed E-state index contributed by atoms with van der Waals surface area (Å²) in [6.45, 7) is 1.21. The van der Waals surface area contributed by atoms with Gasteiger partial charge in [0.1, 0.15) is 0 Å². The van der Waals surface area contributed by atoms with Crippen molar-refractivity contribution in [2.75, 3.05) is 33.1 Å². The van der Waals surface area contributed by atoms with E-state index in [-0.39, 0.29) is 17.7 Å². The van der Waals surface area contributed by atoms with Crippen LogP contribution in [0, 0.1) is 5.41 Å². The van der Waals surface area contributed by atoms with E-state index in [4.69, 9.17) is 4.74 Å². The summed E-state index contributed by atoms with van der Waals surface area (Å²) in [6, 6.07) is 9.66. The molecule has 2 aliphatic rings. The Labute approximate surface area is 162 Å². The molecule has 2 atom stereocenters. The van der Waals surface area contributed by atoms with Crippen LogP contribution in [0.4, 0.5) is 0 Å². The number of rotatable bonds is 6. The van der Waals surface area contributed by atoms with Crippen molar-refractivity contribution in [2.24, 2.45) is 5.41 Å². The monoisotopic (exact) mass is 394 g/mol. The van der Waals surface area contributed by atoms with E-state index in [1.54, 1.807) is 16.3 Å². The van der Waals surface area contributed by atoms with Gasteiger partial charge < -0.3 is 9.64 Å². The van der Waals surface area contributed by atoms with Gasteiger partial charge in [-0.25, -0.2) is 8.42 Å². The van der Waals surface area contributed by atoms with E-state index in [0.717, 1.165) is 31.2 Å². The first kappa shape index (κ1) is 20.3. The molecule has 1 heterocycles. The quantitative estimate of drug-likeness (QED) is 0.742. The fraction of sp³-hybridized carbons (Fsp3) is 0.650. The van der Waals surface area contributed by atoms with Gasteiger partial charge in [-0.05, 0) is 24.8 Å². The molecule has 0 unspecified atom stereocenters. The van der Waals surface area contributed by atoms with Crippen LogP contribution in [0.5, 0.6) is 0 Å². The Kier molecular flexibility index (Phi) is 6.23. The van der Waals surface area contributed by atoms with Crippen molar-refractivity contribution < 1.29 is 17.9 Å². The summed E-state index contributed by atoms with van der Waals surface area (Å²) in [7, 11) is 0.0648. The van der Waals surface area contributed by atoms with Crippen molar-refractivity contribution in [3.8, 4) is 0 Å². The van der Waals surface area contributed by atoms with Crippen molar-refractivity contribution in [1.82, 2.24) is 9.21 Å². The van der Waals surface area contributed by atoms with Crippen LogP contribution in [0.2, 0.25) is 0 Å². The molecule has 0 N–H and O–H groups in total. The highest BCUT2D eigenvalue weighted by atomic mass is 32.2. The minimum atomic E-state index is -3.34. The molecule has 1 aromatic carbocycles. The lowest BCUT2D eigenvalue weighted by molar-refractivity contribution is -0.148. The maximum Gasteiger partial charge on any atom is 0.230 e. The zero-order chi connectivity index (χ0) is 19.5. The van der Waals surface area contributed by atoms with Gasteiger partial charge >= 0.3 is 0 Å². The fourth-order valence-electron chi connectivity index (χ4n) is 4.70. The van der Waals surface area contributed by atoms with E-state index >= 15 is 0 Å². The molecule has 1 aliphatic carbocycles. The summed E-state index contributed by atoms with van der Waals surface area (Å²) in [4.78, 5) is 15.3. The number of hydrogen-bond donors (Lipinski definition) is 0. The number of fused-ring (bicyclic) bond motifs is 1. The van der Waals surface area contributed by atoms with Crippen molar-refractivity contribution in [3.63, 3.8) is 0 Å². The Morgan fingerprint density at radius 2 is 2.00 bits per heavy atom. The average Bonchev–Trinajstić information content (AvgIpc) is 2.67. The van der Waals surface area contributed by atoms with Gasteiger partial charge in [0.05, 0.1) is 17.8 Å². The van der Waals surface area contributed by atoms with E-state index in [0.29, 0.717) is 26.1 Å². The van der Waals surface area contributed by atoms with Gasteiger partial charge in [-0.1, -0.05) is 43.2 Å². The molecule has 1 aliphatic heterocycles. The van der Waals surface area contributed by atoms with Gasteiger partial charge in [-0.15, -0.1) is 0 Å². The average molecular weight is 395 g/mol. The molecule has 0 bridgehead atoms. The lowest BCUT2D eigenvalue weighted by Gasteiger charge is -2.51. The molecule has 3 rings (SSSR count). The minimum absolute atomic E-state index is 0.0398. The number of benzene rings is 1. The molecule has 2 fully saturated rings. The second-order valence-electron chi connectivity index (χ2n) is 7.73. The molecular weight excluding hydrogens is 364 g/mol. The van der Waals surface area contributed by atoms with Crippen molar-refractivity contribution in [3.05, 3.63) is 35.9 Å². The van der Waals surface area contributed by atoms with Gasteiger partial charge in [0, 0.05) is 33.3 Å². The fourth-order valence-corrected chi connectivity index (χ4v) is 6.60. The molecule has 27 heavy (non-hydrogen) atoms. The highest BCUT2D eigenvalue weighted by molar-refractivity contribution is 7.89. The summed E-state index contributed by atoms with van der Waals surface area (Å²) >= 11 is 0. The van der Waals surface area contributed by atoms with Crippen LogP contribution in [0.15, 0.2) is 30.3 Å². The Bertz CT molecular complexity index is 753. The summed E-state index contributed by atoms with van der Waals surface area (Å²) < 4.78 is 32.1. The smallest absolute Gasteiger partial charge is 0.230 e. The number of carbonyl (C=O) groups excluding carboxylic acids is 1. The number of methoxy groups -OCH3 is 1. The Morgan fingerprint density at radius 1 is 1.26 bits per heavy atom. The first-order chi connectivity index (χ1) is 12.9. The number of amides is 1. The number of nitrogens with zero attached hydrogens (tertiary/aromatic N) is 2. The predicted octanol–water partition coefficient (Wildman–Crippen LogP) is 2.26. The highest BCUT2D eigenvalue weighted by Gasteiger charge is 2.56. The van der Waals surface area contributed by atoms with Gasteiger partial charge in [-0.3, -0.25) is 4.79 Å².